The number of rotatable bonds is 3. The van der Waals surface area contributed by atoms with Crippen LogP contribution in [-0.4, -0.2) is 11.0 Å². The summed E-state index contributed by atoms with van der Waals surface area (Å²) in [7, 11) is 0. The molecule has 1 aromatic heterocycles. The molecule has 2 aromatic rings. The minimum absolute atomic E-state index is 0.572. The zero-order valence-electron chi connectivity index (χ0n) is 12.1. The molecule has 1 aromatic carbocycles. The lowest BCUT2D eigenvalue weighted by Crippen LogP contribution is -2.31. The molecule has 0 aliphatic heterocycles. The molecule has 2 atom stereocenters. The van der Waals surface area contributed by atoms with Gasteiger partial charge in [0.25, 0.3) is 0 Å². The van der Waals surface area contributed by atoms with Crippen molar-refractivity contribution in [1.82, 2.24) is 4.98 Å². The smallest absolute Gasteiger partial charge is 0.0953 e. The SMILES string of the molecule is CCC1CCCCC1Nc1ccc(N)c2cccnc12. The highest BCUT2D eigenvalue weighted by molar-refractivity contribution is 5.98. The van der Waals surface area contributed by atoms with Crippen LogP contribution in [0.1, 0.15) is 39.0 Å². The standard InChI is InChI=1S/C17H23N3/c1-2-12-6-3-4-8-15(12)20-16-10-9-14(18)13-7-5-11-19-17(13)16/h5,7,9-12,15,20H,2-4,6,8,18H2,1H3. The molecule has 0 spiro atoms. The van der Waals surface area contributed by atoms with E-state index in [2.05, 4.69) is 23.3 Å². The van der Waals surface area contributed by atoms with Crippen molar-refractivity contribution in [3.8, 4) is 0 Å². The highest BCUT2D eigenvalue weighted by Gasteiger charge is 2.24. The molecule has 1 saturated carbocycles. The van der Waals surface area contributed by atoms with Gasteiger partial charge in [-0.25, -0.2) is 0 Å². The van der Waals surface area contributed by atoms with Gasteiger partial charge in [-0.3, -0.25) is 4.98 Å². The first-order valence-electron chi connectivity index (χ1n) is 7.69. The number of hydrogen-bond donors (Lipinski definition) is 2. The molecule has 0 amide bonds. The number of nitrogens with two attached hydrogens (primary N) is 1. The van der Waals surface area contributed by atoms with Crippen molar-refractivity contribution >= 4 is 22.3 Å². The predicted molar refractivity (Wildman–Crippen MR) is 85.8 cm³/mol. The van der Waals surface area contributed by atoms with Gasteiger partial charge in [-0.15, -0.1) is 0 Å². The zero-order chi connectivity index (χ0) is 13.9. The van der Waals surface area contributed by atoms with Crippen molar-refractivity contribution in [2.45, 2.75) is 45.1 Å². The normalized spacial score (nSPS) is 22.9. The lowest BCUT2D eigenvalue weighted by Gasteiger charge is -2.32. The minimum atomic E-state index is 0.572. The van der Waals surface area contributed by atoms with Crippen LogP contribution in [0, 0.1) is 5.92 Å². The van der Waals surface area contributed by atoms with Crippen LogP contribution in [0.25, 0.3) is 10.9 Å². The van der Waals surface area contributed by atoms with E-state index in [0.717, 1.165) is 28.2 Å². The average molecular weight is 269 g/mol. The predicted octanol–water partition coefficient (Wildman–Crippen LogP) is 4.20. The van der Waals surface area contributed by atoms with Crippen molar-refractivity contribution in [3.05, 3.63) is 30.5 Å². The number of nitrogens with zero attached hydrogens (tertiary/aromatic N) is 1. The summed E-state index contributed by atoms with van der Waals surface area (Å²) in [5.74, 6) is 0.778. The molecule has 2 unspecified atom stereocenters. The van der Waals surface area contributed by atoms with Gasteiger partial charge in [0.05, 0.1) is 11.2 Å². The van der Waals surface area contributed by atoms with Crippen LogP contribution in [-0.2, 0) is 0 Å². The van der Waals surface area contributed by atoms with Crippen molar-refractivity contribution in [1.29, 1.82) is 0 Å². The lowest BCUT2D eigenvalue weighted by molar-refractivity contribution is 0.317. The zero-order valence-corrected chi connectivity index (χ0v) is 12.1. The lowest BCUT2D eigenvalue weighted by atomic mass is 9.82. The van der Waals surface area contributed by atoms with Crippen LogP contribution in [0.15, 0.2) is 30.5 Å². The Hall–Kier alpha value is -1.77. The van der Waals surface area contributed by atoms with Gasteiger partial charge < -0.3 is 11.1 Å². The van der Waals surface area contributed by atoms with E-state index in [1.165, 1.54) is 32.1 Å². The Kier molecular flexibility index (Phi) is 3.77. The summed E-state index contributed by atoms with van der Waals surface area (Å²) in [5, 5.41) is 4.78. The largest absolute Gasteiger partial charge is 0.398 e. The van der Waals surface area contributed by atoms with E-state index in [-0.39, 0.29) is 0 Å². The fraction of sp³-hybridized carbons (Fsp3) is 0.471. The molecular weight excluding hydrogens is 246 g/mol. The van der Waals surface area contributed by atoms with E-state index in [9.17, 15) is 0 Å². The van der Waals surface area contributed by atoms with Gasteiger partial charge in [-0.2, -0.15) is 0 Å². The average Bonchev–Trinajstić information content (AvgIpc) is 2.51. The second-order valence-corrected chi connectivity index (χ2v) is 5.81. The van der Waals surface area contributed by atoms with Gasteiger partial charge in [-0.05, 0) is 43.0 Å². The van der Waals surface area contributed by atoms with Gasteiger partial charge in [0.2, 0.25) is 0 Å². The van der Waals surface area contributed by atoms with E-state index in [0.29, 0.717) is 6.04 Å². The summed E-state index contributed by atoms with van der Waals surface area (Å²) in [6, 6.07) is 8.61. The Morgan fingerprint density at radius 2 is 2.10 bits per heavy atom. The monoisotopic (exact) mass is 269 g/mol. The topological polar surface area (TPSA) is 50.9 Å². The van der Waals surface area contributed by atoms with Gasteiger partial charge in [0.1, 0.15) is 0 Å². The molecule has 0 radical (unpaired) electrons. The van der Waals surface area contributed by atoms with E-state index in [1.807, 2.05) is 24.4 Å². The third kappa shape index (κ3) is 2.45. The summed E-state index contributed by atoms with van der Waals surface area (Å²) >= 11 is 0. The number of pyridine rings is 1. The summed E-state index contributed by atoms with van der Waals surface area (Å²) in [4.78, 5) is 4.52. The minimum Gasteiger partial charge on any atom is -0.398 e. The van der Waals surface area contributed by atoms with Crippen LogP contribution >= 0.6 is 0 Å². The number of fused-ring (bicyclic) bond motifs is 1. The molecule has 0 bridgehead atoms. The Balaban J connectivity index is 1.92. The maximum atomic E-state index is 6.04. The summed E-state index contributed by atoms with van der Waals surface area (Å²) < 4.78 is 0. The Morgan fingerprint density at radius 1 is 1.25 bits per heavy atom. The Bertz CT molecular complexity index is 594. The molecule has 3 heteroatoms. The molecule has 1 aliphatic rings. The molecular formula is C17H23N3. The van der Waals surface area contributed by atoms with Crippen LogP contribution in [0.2, 0.25) is 0 Å². The molecule has 3 nitrogen and oxygen atoms in total. The van der Waals surface area contributed by atoms with Crippen molar-refractivity contribution in [3.63, 3.8) is 0 Å². The second-order valence-electron chi connectivity index (χ2n) is 5.81. The number of hydrogen-bond acceptors (Lipinski definition) is 3. The first-order valence-corrected chi connectivity index (χ1v) is 7.69. The Morgan fingerprint density at radius 3 is 2.95 bits per heavy atom. The fourth-order valence-electron chi connectivity index (χ4n) is 3.40. The number of anilines is 2. The molecule has 3 N–H and O–H groups in total. The highest BCUT2D eigenvalue weighted by Crippen LogP contribution is 2.32. The van der Waals surface area contributed by atoms with Crippen molar-refractivity contribution in [2.24, 2.45) is 5.92 Å². The van der Waals surface area contributed by atoms with E-state index in [4.69, 9.17) is 5.73 Å². The van der Waals surface area contributed by atoms with Crippen LogP contribution in [0.4, 0.5) is 11.4 Å². The first kappa shape index (κ1) is 13.2. The maximum Gasteiger partial charge on any atom is 0.0953 e. The number of benzene rings is 1. The second kappa shape index (κ2) is 5.70. The van der Waals surface area contributed by atoms with Gasteiger partial charge in [-0.1, -0.05) is 26.2 Å². The molecule has 3 rings (SSSR count). The van der Waals surface area contributed by atoms with Crippen molar-refractivity contribution < 1.29 is 0 Å². The van der Waals surface area contributed by atoms with Crippen LogP contribution in [0.3, 0.4) is 0 Å². The fourth-order valence-corrected chi connectivity index (χ4v) is 3.40. The highest BCUT2D eigenvalue weighted by atomic mass is 14.9. The summed E-state index contributed by atoms with van der Waals surface area (Å²) in [6.07, 6.45) is 8.39. The maximum absolute atomic E-state index is 6.04. The van der Waals surface area contributed by atoms with E-state index in [1.54, 1.807) is 0 Å². The number of nitrogen functional groups attached to an aromatic ring is 1. The quantitative estimate of drug-likeness (QED) is 0.821. The molecule has 20 heavy (non-hydrogen) atoms. The third-order valence-corrected chi connectivity index (χ3v) is 4.58. The van der Waals surface area contributed by atoms with Gasteiger partial charge in [0, 0.05) is 23.3 Å². The molecule has 106 valence electrons. The number of aromatic nitrogens is 1. The summed E-state index contributed by atoms with van der Waals surface area (Å²) in [6.45, 7) is 2.30. The van der Waals surface area contributed by atoms with Crippen LogP contribution in [0.5, 0.6) is 0 Å². The van der Waals surface area contributed by atoms with Gasteiger partial charge in [0.15, 0.2) is 0 Å². The van der Waals surface area contributed by atoms with E-state index >= 15 is 0 Å². The molecule has 1 aliphatic carbocycles. The number of nitrogens with one attached hydrogen (secondary N) is 1. The molecule has 1 heterocycles. The van der Waals surface area contributed by atoms with Gasteiger partial charge >= 0.3 is 0 Å². The van der Waals surface area contributed by atoms with E-state index < -0.39 is 0 Å². The molecule has 1 fully saturated rings. The third-order valence-electron chi connectivity index (χ3n) is 4.58. The summed E-state index contributed by atoms with van der Waals surface area (Å²) in [5.41, 5.74) is 8.96. The first-order chi connectivity index (χ1) is 9.79. The molecule has 0 saturated heterocycles. The van der Waals surface area contributed by atoms with Crippen molar-refractivity contribution in [2.75, 3.05) is 11.1 Å². The Labute approximate surface area is 120 Å². The van der Waals surface area contributed by atoms with Crippen LogP contribution < -0.4 is 11.1 Å².